The van der Waals surface area contributed by atoms with Gasteiger partial charge in [0.2, 0.25) is 0 Å². The molecule has 148 valence electrons. The van der Waals surface area contributed by atoms with Crippen molar-refractivity contribution in [2.75, 3.05) is 13.1 Å². The first-order valence-electron chi connectivity index (χ1n) is 9.38. The first kappa shape index (κ1) is 18.2. The summed E-state index contributed by atoms with van der Waals surface area (Å²) >= 11 is 0. The number of nitrogens with zero attached hydrogens (tertiary/aromatic N) is 7. The van der Waals surface area contributed by atoms with Crippen LogP contribution in [0.3, 0.4) is 0 Å². The molecule has 1 aliphatic heterocycles. The Bertz CT molecular complexity index is 1150. The summed E-state index contributed by atoms with van der Waals surface area (Å²) in [4.78, 5) is 40.0. The molecule has 0 bridgehead atoms. The number of likely N-dealkylation sites (tertiary alicyclic amines) is 1. The van der Waals surface area contributed by atoms with Gasteiger partial charge in [-0.15, -0.1) is 5.10 Å². The predicted molar refractivity (Wildman–Crippen MR) is 102 cm³/mol. The van der Waals surface area contributed by atoms with Crippen molar-refractivity contribution in [2.45, 2.75) is 32.4 Å². The number of amides is 1. The fourth-order valence-corrected chi connectivity index (χ4v) is 3.98. The quantitative estimate of drug-likeness (QED) is 0.635. The van der Waals surface area contributed by atoms with Gasteiger partial charge in [0.1, 0.15) is 11.3 Å². The van der Waals surface area contributed by atoms with E-state index in [1.54, 1.807) is 39.7 Å². The van der Waals surface area contributed by atoms with Gasteiger partial charge in [0, 0.05) is 39.9 Å². The number of rotatable bonds is 4. The van der Waals surface area contributed by atoms with Crippen LogP contribution in [0.2, 0.25) is 0 Å². The van der Waals surface area contributed by atoms with E-state index in [4.69, 9.17) is 0 Å². The molecule has 10 nitrogen and oxygen atoms in total. The Hall–Kier alpha value is -3.17. The van der Waals surface area contributed by atoms with E-state index in [0.717, 1.165) is 17.4 Å². The molecule has 1 saturated heterocycles. The highest BCUT2D eigenvalue weighted by molar-refractivity contribution is 5.98. The van der Waals surface area contributed by atoms with Crippen LogP contribution in [-0.2, 0) is 20.6 Å². The van der Waals surface area contributed by atoms with Gasteiger partial charge in [-0.2, -0.15) is 0 Å². The molecule has 4 heterocycles. The van der Waals surface area contributed by atoms with Gasteiger partial charge in [-0.3, -0.25) is 18.7 Å². The average Bonchev–Trinajstić information content (AvgIpc) is 3.43. The Morgan fingerprint density at radius 2 is 2.04 bits per heavy atom. The largest absolute Gasteiger partial charge is 0.335 e. The molecule has 28 heavy (non-hydrogen) atoms. The molecule has 4 rings (SSSR count). The van der Waals surface area contributed by atoms with Crippen LogP contribution in [0, 0.1) is 0 Å². The standard InChI is InChI=1S/C18H23N7O3/c1-4-7-24-14(10-13-15(24)21(2)18(28)22(3)16(13)26)17(27)23-8-5-12(11-23)25-9-6-19-20-25/h6,9-10,12H,4-5,7-8,11H2,1-3H3/t12-/m0/s1. The van der Waals surface area contributed by atoms with E-state index in [-0.39, 0.29) is 17.5 Å². The maximum absolute atomic E-state index is 13.3. The fourth-order valence-electron chi connectivity index (χ4n) is 3.98. The Labute approximate surface area is 160 Å². The zero-order valence-corrected chi connectivity index (χ0v) is 16.2. The SMILES string of the molecule is CCCn1c(C(=O)N2CC[C@H](n3ccnn3)C2)cc2c(=O)n(C)c(=O)n(C)c21. The Morgan fingerprint density at radius 1 is 1.25 bits per heavy atom. The van der Waals surface area contributed by atoms with Crippen LogP contribution in [0.5, 0.6) is 0 Å². The lowest BCUT2D eigenvalue weighted by molar-refractivity contribution is 0.0776. The van der Waals surface area contributed by atoms with Crippen LogP contribution in [0.25, 0.3) is 11.0 Å². The molecular formula is C18H23N7O3. The van der Waals surface area contributed by atoms with Gasteiger partial charge in [-0.1, -0.05) is 12.1 Å². The molecule has 0 unspecified atom stereocenters. The summed E-state index contributed by atoms with van der Waals surface area (Å²) in [6.45, 7) is 3.68. The van der Waals surface area contributed by atoms with Crippen LogP contribution in [0.15, 0.2) is 28.0 Å². The first-order chi connectivity index (χ1) is 13.4. The van der Waals surface area contributed by atoms with Crippen molar-refractivity contribution in [3.05, 3.63) is 45.0 Å². The normalized spacial score (nSPS) is 17.0. The third-order valence-corrected chi connectivity index (χ3v) is 5.43. The zero-order chi connectivity index (χ0) is 20.0. The lowest BCUT2D eigenvalue weighted by atomic mass is 10.3. The molecular weight excluding hydrogens is 362 g/mol. The highest BCUT2D eigenvalue weighted by atomic mass is 16.2. The lowest BCUT2D eigenvalue weighted by Gasteiger charge is -2.18. The highest BCUT2D eigenvalue weighted by Gasteiger charge is 2.31. The number of hydrogen-bond acceptors (Lipinski definition) is 5. The Balaban J connectivity index is 1.78. The van der Waals surface area contributed by atoms with Gasteiger partial charge in [-0.05, 0) is 18.9 Å². The fraction of sp³-hybridized carbons (Fsp3) is 0.500. The van der Waals surface area contributed by atoms with Crippen molar-refractivity contribution in [1.82, 2.24) is 33.6 Å². The average molecular weight is 385 g/mol. The van der Waals surface area contributed by atoms with Gasteiger partial charge >= 0.3 is 5.69 Å². The molecule has 1 fully saturated rings. The maximum atomic E-state index is 13.3. The van der Waals surface area contributed by atoms with Gasteiger partial charge in [-0.25, -0.2) is 9.48 Å². The van der Waals surface area contributed by atoms with Crippen molar-refractivity contribution < 1.29 is 4.79 Å². The smallest absolute Gasteiger partial charge is 0.332 e. The van der Waals surface area contributed by atoms with Gasteiger partial charge < -0.3 is 9.47 Å². The van der Waals surface area contributed by atoms with E-state index < -0.39 is 5.69 Å². The zero-order valence-electron chi connectivity index (χ0n) is 16.2. The molecule has 3 aromatic heterocycles. The molecule has 10 heteroatoms. The van der Waals surface area contributed by atoms with Crippen LogP contribution in [-0.4, -0.2) is 52.6 Å². The summed E-state index contributed by atoms with van der Waals surface area (Å²) in [5.74, 6) is -0.137. The minimum atomic E-state index is -0.403. The summed E-state index contributed by atoms with van der Waals surface area (Å²) in [5, 5.41) is 8.25. The van der Waals surface area contributed by atoms with Gasteiger partial charge in [0.15, 0.2) is 0 Å². The summed E-state index contributed by atoms with van der Waals surface area (Å²) in [7, 11) is 3.08. The van der Waals surface area contributed by atoms with Crippen molar-refractivity contribution >= 4 is 16.9 Å². The molecule has 0 radical (unpaired) electrons. The molecule has 1 atom stereocenters. The van der Waals surface area contributed by atoms with E-state index in [9.17, 15) is 14.4 Å². The van der Waals surface area contributed by atoms with Crippen molar-refractivity contribution in [2.24, 2.45) is 14.1 Å². The first-order valence-corrected chi connectivity index (χ1v) is 9.38. The maximum Gasteiger partial charge on any atom is 0.332 e. The van der Waals surface area contributed by atoms with Gasteiger partial charge in [0.25, 0.3) is 11.5 Å². The third-order valence-electron chi connectivity index (χ3n) is 5.43. The topological polar surface area (TPSA) is 100.0 Å². The lowest BCUT2D eigenvalue weighted by Crippen LogP contribution is -2.37. The Morgan fingerprint density at radius 3 is 2.71 bits per heavy atom. The van der Waals surface area contributed by atoms with E-state index >= 15 is 0 Å². The highest BCUT2D eigenvalue weighted by Crippen LogP contribution is 2.24. The predicted octanol–water partition coefficient (Wildman–Crippen LogP) is 0.127. The number of carbonyl (C=O) groups excluding carboxylic acids is 1. The molecule has 0 aliphatic carbocycles. The minimum absolute atomic E-state index is 0.0904. The minimum Gasteiger partial charge on any atom is -0.335 e. The summed E-state index contributed by atoms with van der Waals surface area (Å²) < 4.78 is 6.08. The number of fused-ring (bicyclic) bond motifs is 1. The van der Waals surface area contributed by atoms with Crippen LogP contribution in [0.1, 0.15) is 36.3 Å². The van der Waals surface area contributed by atoms with Crippen LogP contribution >= 0.6 is 0 Å². The van der Waals surface area contributed by atoms with E-state index in [0.29, 0.717) is 36.4 Å². The Kier molecular flexibility index (Phi) is 4.40. The molecule has 0 N–H and O–H groups in total. The second-order valence-electron chi connectivity index (χ2n) is 7.20. The van der Waals surface area contributed by atoms with E-state index in [1.165, 1.54) is 11.6 Å². The summed E-state index contributed by atoms with van der Waals surface area (Å²) in [6, 6.07) is 1.71. The second kappa shape index (κ2) is 6.77. The molecule has 1 aliphatic rings. The van der Waals surface area contributed by atoms with Crippen LogP contribution < -0.4 is 11.2 Å². The van der Waals surface area contributed by atoms with Crippen LogP contribution in [0.4, 0.5) is 0 Å². The second-order valence-corrected chi connectivity index (χ2v) is 7.20. The summed E-state index contributed by atoms with van der Waals surface area (Å²) in [6.07, 6.45) is 4.99. The van der Waals surface area contributed by atoms with Crippen molar-refractivity contribution in [3.8, 4) is 0 Å². The molecule has 3 aromatic rings. The number of hydrogen-bond donors (Lipinski definition) is 0. The van der Waals surface area contributed by atoms with E-state index in [2.05, 4.69) is 10.3 Å². The number of carbonyl (C=O) groups is 1. The molecule has 1 amide bonds. The van der Waals surface area contributed by atoms with E-state index in [1.807, 2.05) is 6.92 Å². The van der Waals surface area contributed by atoms with Gasteiger partial charge in [0.05, 0.1) is 17.6 Å². The number of aromatic nitrogens is 6. The molecule has 0 spiro atoms. The number of aryl methyl sites for hydroxylation is 2. The molecule has 0 saturated carbocycles. The monoisotopic (exact) mass is 385 g/mol. The third kappa shape index (κ3) is 2.67. The summed E-state index contributed by atoms with van der Waals surface area (Å²) in [5.41, 5.74) is 0.142. The van der Waals surface area contributed by atoms with Crippen molar-refractivity contribution in [3.63, 3.8) is 0 Å². The van der Waals surface area contributed by atoms with Crippen molar-refractivity contribution in [1.29, 1.82) is 0 Å². The molecule has 0 aromatic carbocycles.